The van der Waals surface area contributed by atoms with Crippen molar-refractivity contribution in [3.63, 3.8) is 0 Å². The van der Waals surface area contributed by atoms with Crippen LogP contribution in [-0.4, -0.2) is 54.5 Å². The number of nitrogens with one attached hydrogen (secondary N) is 1. The molecule has 1 aromatic carbocycles. The number of benzene rings is 1. The van der Waals surface area contributed by atoms with Gasteiger partial charge in [-0.2, -0.15) is 0 Å². The first-order valence-corrected chi connectivity index (χ1v) is 11.8. The van der Waals surface area contributed by atoms with Gasteiger partial charge in [-0.25, -0.2) is 0 Å². The summed E-state index contributed by atoms with van der Waals surface area (Å²) in [5.41, 5.74) is 0.434. The van der Waals surface area contributed by atoms with Gasteiger partial charge < -0.3 is 19.7 Å². The molecule has 170 valence electrons. The van der Waals surface area contributed by atoms with Gasteiger partial charge in [0, 0.05) is 18.7 Å². The third kappa shape index (κ3) is 6.45. The number of rotatable bonds is 7. The molecule has 1 atom stereocenters. The number of carbonyl (C=O) groups is 3. The highest BCUT2D eigenvalue weighted by Gasteiger charge is 2.36. The Bertz CT molecular complexity index is 807. The molecule has 1 aliphatic heterocycles. The molecule has 2 amide bonds. The van der Waals surface area contributed by atoms with Crippen LogP contribution < -0.4 is 10.1 Å². The molecule has 1 heterocycles. The average Bonchev–Trinajstić information content (AvgIpc) is 2.74. The van der Waals surface area contributed by atoms with Gasteiger partial charge in [0.15, 0.2) is 0 Å². The molecule has 1 aliphatic carbocycles. The van der Waals surface area contributed by atoms with Crippen molar-refractivity contribution >= 4 is 33.7 Å². The molecule has 2 fully saturated rings. The average molecular weight is 495 g/mol. The molecule has 1 aromatic rings. The summed E-state index contributed by atoms with van der Waals surface area (Å²) < 4.78 is 12.0. The molecule has 7 nitrogen and oxygen atoms in total. The summed E-state index contributed by atoms with van der Waals surface area (Å²) in [6.45, 7) is 5.40. The van der Waals surface area contributed by atoms with Crippen molar-refractivity contribution in [1.82, 2.24) is 10.2 Å². The summed E-state index contributed by atoms with van der Waals surface area (Å²) in [4.78, 5) is 39.6. The van der Waals surface area contributed by atoms with Crippen LogP contribution in [0.5, 0.6) is 5.75 Å². The van der Waals surface area contributed by atoms with Crippen LogP contribution in [0.3, 0.4) is 0 Å². The first-order valence-electron chi connectivity index (χ1n) is 11.1. The van der Waals surface area contributed by atoms with E-state index in [-0.39, 0.29) is 24.3 Å². The lowest BCUT2D eigenvalue weighted by molar-refractivity contribution is -0.153. The van der Waals surface area contributed by atoms with Gasteiger partial charge in [-0.15, -0.1) is 0 Å². The van der Waals surface area contributed by atoms with E-state index in [4.69, 9.17) is 9.47 Å². The molecule has 1 saturated carbocycles. The van der Waals surface area contributed by atoms with Crippen LogP contribution in [0, 0.1) is 5.92 Å². The molecule has 1 saturated heterocycles. The first-order chi connectivity index (χ1) is 14.8. The van der Waals surface area contributed by atoms with Crippen LogP contribution in [-0.2, 0) is 14.3 Å². The van der Waals surface area contributed by atoms with E-state index < -0.39 is 12.0 Å². The second kappa shape index (κ2) is 11.0. The lowest BCUT2D eigenvalue weighted by atomic mass is 9.98. The third-order valence-electron chi connectivity index (χ3n) is 5.55. The Balaban J connectivity index is 1.68. The zero-order chi connectivity index (χ0) is 22.4. The maximum absolute atomic E-state index is 13.2. The van der Waals surface area contributed by atoms with Crippen molar-refractivity contribution in [2.75, 3.05) is 19.7 Å². The minimum absolute atomic E-state index is 0.0774. The van der Waals surface area contributed by atoms with Gasteiger partial charge in [-0.3, -0.25) is 14.4 Å². The van der Waals surface area contributed by atoms with E-state index in [9.17, 15) is 14.4 Å². The molecular weight excluding hydrogens is 464 g/mol. The number of carbonyl (C=O) groups excluding carboxylic acids is 3. The van der Waals surface area contributed by atoms with Gasteiger partial charge in [-0.1, -0.05) is 20.3 Å². The lowest BCUT2D eigenvalue weighted by Gasteiger charge is -2.35. The zero-order valence-corrected chi connectivity index (χ0v) is 19.8. The van der Waals surface area contributed by atoms with Crippen molar-refractivity contribution in [1.29, 1.82) is 0 Å². The highest BCUT2D eigenvalue weighted by molar-refractivity contribution is 9.10. The van der Waals surface area contributed by atoms with Crippen molar-refractivity contribution in [2.24, 2.45) is 5.92 Å². The third-order valence-corrected chi connectivity index (χ3v) is 6.17. The molecule has 3 rings (SSSR count). The fourth-order valence-corrected chi connectivity index (χ4v) is 4.40. The van der Waals surface area contributed by atoms with E-state index in [1.807, 2.05) is 0 Å². The second-order valence-corrected chi connectivity index (χ2v) is 9.46. The molecule has 1 N–H and O–H groups in total. The molecule has 8 heteroatoms. The fourth-order valence-electron chi connectivity index (χ4n) is 3.91. The van der Waals surface area contributed by atoms with Gasteiger partial charge in [0.1, 0.15) is 17.9 Å². The summed E-state index contributed by atoms with van der Waals surface area (Å²) in [5.74, 6) is 0.00591. The molecule has 31 heavy (non-hydrogen) atoms. The Morgan fingerprint density at radius 1 is 1.23 bits per heavy atom. The van der Waals surface area contributed by atoms with E-state index in [0.29, 0.717) is 41.4 Å². The van der Waals surface area contributed by atoms with Crippen molar-refractivity contribution in [3.05, 3.63) is 28.2 Å². The van der Waals surface area contributed by atoms with Crippen LogP contribution in [0.25, 0.3) is 0 Å². The standard InChI is InChI=1S/C23H31BrN2O5/c1-15(2)14-30-20-9-8-16(12-18(20)24)23(29)26-11-10-25-22(28)19(26)13-21(27)31-17-6-4-3-5-7-17/h8-9,12,15,17,19H,3-7,10-11,13-14H2,1-2H3,(H,25,28). The normalized spacial score (nSPS) is 19.8. The van der Waals surface area contributed by atoms with E-state index >= 15 is 0 Å². The summed E-state index contributed by atoms with van der Waals surface area (Å²) in [5, 5.41) is 2.76. The van der Waals surface area contributed by atoms with Crippen molar-refractivity contribution in [3.8, 4) is 5.75 Å². The molecule has 0 bridgehead atoms. The molecule has 0 aromatic heterocycles. The van der Waals surface area contributed by atoms with Gasteiger partial charge in [0.2, 0.25) is 5.91 Å². The Labute approximate surface area is 192 Å². The van der Waals surface area contributed by atoms with Crippen LogP contribution in [0.15, 0.2) is 22.7 Å². The second-order valence-electron chi connectivity index (χ2n) is 8.61. The number of nitrogens with zero attached hydrogens (tertiary/aromatic N) is 1. The maximum atomic E-state index is 13.2. The summed E-state index contributed by atoms with van der Waals surface area (Å²) in [7, 11) is 0. The van der Waals surface area contributed by atoms with E-state index in [0.717, 1.165) is 32.1 Å². The molecular formula is C23H31BrN2O5. The number of ether oxygens (including phenoxy) is 2. The summed E-state index contributed by atoms with van der Waals surface area (Å²) >= 11 is 3.46. The number of piperazine rings is 1. The van der Waals surface area contributed by atoms with Gasteiger partial charge in [-0.05, 0) is 65.7 Å². The predicted molar refractivity (Wildman–Crippen MR) is 120 cm³/mol. The van der Waals surface area contributed by atoms with E-state index in [1.165, 1.54) is 4.90 Å². The largest absolute Gasteiger partial charge is 0.492 e. The first kappa shape index (κ1) is 23.6. The smallest absolute Gasteiger partial charge is 0.308 e. The topological polar surface area (TPSA) is 84.9 Å². The zero-order valence-electron chi connectivity index (χ0n) is 18.2. The SMILES string of the molecule is CC(C)COc1ccc(C(=O)N2CCNC(=O)C2CC(=O)OC2CCCCC2)cc1Br. The highest BCUT2D eigenvalue weighted by Crippen LogP contribution is 2.28. The van der Waals surface area contributed by atoms with Crippen molar-refractivity contribution < 1.29 is 23.9 Å². The quantitative estimate of drug-likeness (QED) is 0.584. The number of halogens is 1. The summed E-state index contributed by atoms with van der Waals surface area (Å²) in [6.07, 6.45) is 4.79. The van der Waals surface area contributed by atoms with Crippen molar-refractivity contribution in [2.45, 2.75) is 64.5 Å². The van der Waals surface area contributed by atoms with Crippen LogP contribution >= 0.6 is 15.9 Å². The minimum atomic E-state index is -0.868. The number of amides is 2. The Morgan fingerprint density at radius 3 is 2.65 bits per heavy atom. The maximum Gasteiger partial charge on any atom is 0.308 e. The van der Waals surface area contributed by atoms with Gasteiger partial charge in [0.05, 0.1) is 17.5 Å². The summed E-state index contributed by atoms with van der Waals surface area (Å²) in [6, 6.07) is 4.26. The van der Waals surface area contributed by atoms with Crippen LogP contribution in [0.4, 0.5) is 0 Å². The number of esters is 1. The monoisotopic (exact) mass is 494 g/mol. The Kier molecular flexibility index (Phi) is 8.35. The molecule has 2 aliphatic rings. The molecule has 0 spiro atoms. The lowest BCUT2D eigenvalue weighted by Crippen LogP contribution is -2.58. The Hall–Kier alpha value is -2.09. The molecule has 1 unspecified atom stereocenters. The van der Waals surface area contributed by atoms with Gasteiger partial charge >= 0.3 is 5.97 Å². The number of hydrogen-bond acceptors (Lipinski definition) is 5. The molecule has 0 radical (unpaired) electrons. The van der Waals surface area contributed by atoms with Crippen LogP contribution in [0.2, 0.25) is 0 Å². The van der Waals surface area contributed by atoms with Crippen LogP contribution in [0.1, 0.15) is 62.7 Å². The highest BCUT2D eigenvalue weighted by atomic mass is 79.9. The minimum Gasteiger partial charge on any atom is -0.492 e. The van der Waals surface area contributed by atoms with Gasteiger partial charge in [0.25, 0.3) is 5.91 Å². The number of hydrogen-bond donors (Lipinski definition) is 1. The van der Waals surface area contributed by atoms with E-state index in [2.05, 4.69) is 35.1 Å². The Morgan fingerprint density at radius 2 is 1.97 bits per heavy atom. The van der Waals surface area contributed by atoms with E-state index in [1.54, 1.807) is 18.2 Å². The fraction of sp³-hybridized carbons (Fsp3) is 0.609. The predicted octanol–water partition coefficient (Wildman–Crippen LogP) is 3.69.